The second-order valence-corrected chi connectivity index (χ2v) is 14.0. The van der Waals surface area contributed by atoms with E-state index < -0.39 is 36.3 Å². The van der Waals surface area contributed by atoms with E-state index >= 15 is 0 Å². The van der Waals surface area contributed by atoms with E-state index in [2.05, 4.69) is 10.2 Å². The molecule has 0 aliphatic carbocycles. The fourth-order valence-corrected chi connectivity index (χ4v) is 6.96. The molecule has 2 unspecified atom stereocenters. The molecule has 1 saturated heterocycles. The van der Waals surface area contributed by atoms with Gasteiger partial charge >= 0.3 is 0 Å². The molecule has 10 heteroatoms. The number of hydrogen-bond donors (Lipinski definition) is 0. The van der Waals surface area contributed by atoms with Gasteiger partial charge in [0.15, 0.2) is 0 Å². The molecule has 1 aliphatic rings. The van der Waals surface area contributed by atoms with Crippen molar-refractivity contribution in [3.8, 4) is 5.88 Å². The van der Waals surface area contributed by atoms with Crippen LogP contribution in [0.2, 0.25) is 5.02 Å². The van der Waals surface area contributed by atoms with Crippen LogP contribution in [0, 0.1) is 0 Å². The molecule has 0 N–H and O–H groups in total. The maximum Gasteiger partial charge on any atom is 0.233 e. The molecule has 0 saturated carbocycles. The maximum atomic E-state index is 13.9. The molecule has 6 aromatic rings. The Labute approximate surface area is 338 Å². The van der Waals surface area contributed by atoms with Gasteiger partial charge in [-0.3, -0.25) is 4.79 Å². The Morgan fingerprint density at radius 3 is 1.67 bits per heavy atom. The molecule has 5 atom stereocenters. The third kappa shape index (κ3) is 10.8. The fraction of sp³-hybridized carbons (Fsp3) is 0.255. The van der Waals surface area contributed by atoms with Crippen molar-refractivity contribution in [3.05, 3.63) is 196 Å². The van der Waals surface area contributed by atoms with Crippen molar-refractivity contribution < 1.29 is 33.2 Å². The van der Waals surface area contributed by atoms with Crippen LogP contribution in [-0.4, -0.2) is 53.6 Å². The zero-order chi connectivity index (χ0) is 39.2. The SMILES string of the molecule is CCOc1ccc(C(=O)c2cc([C@@H]3O[C@H](COCc4ccccc4)[C@@H](OCc4ccccc4)C(OCc4ccccc4)C3OCc3ccccc3)ccc2Cl)nn1. The van der Waals surface area contributed by atoms with Gasteiger partial charge in [-0.1, -0.05) is 139 Å². The molecule has 5 aromatic carbocycles. The summed E-state index contributed by atoms with van der Waals surface area (Å²) in [7, 11) is 0. The Morgan fingerprint density at radius 1 is 0.614 bits per heavy atom. The van der Waals surface area contributed by atoms with Crippen LogP contribution in [0.25, 0.3) is 0 Å². The number of carbonyl (C=O) groups excluding carboxylic acids is 1. The van der Waals surface area contributed by atoms with Crippen LogP contribution >= 0.6 is 11.6 Å². The number of halogens is 1. The lowest BCUT2D eigenvalue weighted by Gasteiger charge is -2.46. The lowest BCUT2D eigenvalue weighted by atomic mass is 9.89. The summed E-state index contributed by atoms with van der Waals surface area (Å²) in [6.45, 7) is 3.74. The highest BCUT2D eigenvalue weighted by atomic mass is 35.5. The van der Waals surface area contributed by atoms with Gasteiger partial charge in [0, 0.05) is 11.6 Å². The maximum absolute atomic E-state index is 13.9. The second-order valence-electron chi connectivity index (χ2n) is 13.6. The lowest BCUT2D eigenvalue weighted by molar-refractivity contribution is -0.275. The summed E-state index contributed by atoms with van der Waals surface area (Å²) < 4.78 is 39.4. The minimum absolute atomic E-state index is 0.129. The van der Waals surface area contributed by atoms with Gasteiger partial charge in [-0.25, -0.2) is 0 Å². The molecule has 0 amide bonds. The Kier molecular flexibility index (Phi) is 14.2. The minimum Gasteiger partial charge on any atom is -0.477 e. The summed E-state index contributed by atoms with van der Waals surface area (Å²) in [6, 6.07) is 48.4. The van der Waals surface area contributed by atoms with Crippen LogP contribution in [0.4, 0.5) is 0 Å². The van der Waals surface area contributed by atoms with Crippen LogP contribution in [0.15, 0.2) is 152 Å². The number of carbonyl (C=O) groups is 1. The first-order valence-corrected chi connectivity index (χ1v) is 19.5. The minimum atomic E-state index is -0.730. The Bertz CT molecular complexity index is 2130. The number of benzene rings is 5. The molecular formula is C47H45ClN2O7. The number of ketones is 1. The van der Waals surface area contributed by atoms with Gasteiger partial charge in [0.25, 0.3) is 0 Å². The topological polar surface area (TPSA) is 98.2 Å². The van der Waals surface area contributed by atoms with Gasteiger partial charge < -0.3 is 28.4 Å². The number of nitrogens with zero attached hydrogens (tertiary/aromatic N) is 2. The molecule has 292 valence electrons. The van der Waals surface area contributed by atoms with Gasteiger partial charge in [0.05, 0.1) is 44.7 Å². The normalized spacial score (nSPS) is 19.2. The Morgan fingerprint density at radius 2 is 1.14 bits per heavy atom. The Balaban J connectivity index is 1.27. The summed E-state index contributed by atoms with van der Waals surface area (Å²) in [5.41, 5.74) is 5.06. The van der Waals surface area contributed by atoms with Crippen molar-refractivity contribution >= 4 is 17.4 Å². The van der Waals surface area contributed by atoms with Crippen molar-refractivity contribution in [2.24, 2.45) is 0 Å². The van der Waals surface area contributed by atoms with Gasteiger partial charge in [-0.15, -0.1) is 10.2 Å². The number of ether oxygens (including phenoxy) is 6. The smallest absolute Gasteiger partial charge is 0.233 e. The van der Waals surface area contributed by atoms with E-state index in [0.717, 1.165) is 22.3 Å². The average Bonchev–Trinajstić information content (AvgIpc) is 3.26. The molecule has 1 fully saturated rings. The molecule has 1 aliphatic heterocycles. The van der Waals surface area contributed by atoms with Crippen molar-refractivity contribution in [1.29, 1.82) is 0 Å². The molecular weight excluding hydrogens is 740 g/mol. The van der Waals surface area contributed by atoms with E-state index in [1.807, 2.05) is 134 Å². The predicted molar refractivity (Wildman–Crippen MR) is 217 cm³/mol. The standard InChI is InChI=1S/C47H45ClN2O7/c1-2-53-42-26-25-40(49-50-42)43(51)38-27-37(23-24-39(38)48)44-46(55-30-35-19-11-5-12-20-35)47(56-31-36-21-13-6-14-22-36)45(54-29-34-17-9-4-10-18-34)41(57-44)32-52-28-33-15-7-3-8-16-33/h3-27,41,44-47H,2,28-32H2,1H3/t41-,44+,45-,46?,47?/m1/s1. The van der Waals surface area contributed by atoms with Gasteiger partial charge in [0.1, 0.15) is 36.2 Å². The van der Waals surface area contributed by atoms with E-state index in [9.17, 15) is 4.79 Å². The molecule has 57 heavy (non-hydrogen) atoms. The highest BCUT2D eigenvalue weighted by molar-refractivity contribution is 6.34. The summed E-state index contributed by atoms with van der Waals surface area (Å²) in [4.78, 5) is 13.9. The summed E-state index contributed by atoms with van der Waals surface area (Å²) >= 11 is 6.73. The number of rotatable bonds is 18. The van der Waals surface area contributed by atoms with Gasteiger partial charge in [0.2, 0.25) is 11.7 Å². The van der Waals surface area contributed by atoms with Crippen LogP contribution in [0.3, 0.4) is 0 Å². The van der Waals surface area contributed by atoms with Crippen molar-refractivity contribution in [3.63, 3.8) is 0 Å². The zero-order valence-electron chi connectivity index (χ0n) is 31.7. The van der Waals surface area contributed by atoms with Crippen molar-refractivity contribution in [2.45, 2.75) is 63.9 Å². The van der Waals surface area contributed by atoms with E-state index in [-0.39, 0.29) is 29.5 Å². The zero-order valence-corrected chi connectivity index (χ0v) is 32.4. The summed E-state index contributed by atoms with van der Waals surface area (Å²) in [5.74, 6) is -0.0623. The average molecular weight is 785 g/mol. The predicted octanol–water partition coefficient (Wildman–Crippen LogP) is 9.17. The monoisotopic (exact) mass is 784 g/mol. The first-order valence-electron chi connectivity index (χ1n) is 19.1. The summed E-state index contributed by atoms with van der Waals surface area (Å²) in [5, 5.41) is 8.46. The first kappa shape index (κ1) is 40.0. The van der Waals surface area contributed by atoms with Gasteiger partial charge in [-0.2, -0.15) is 0 Å². The Hall–Kier alpha value is -5.26. The van der Waals surface area contributed by atoms with Crippen LogP contribution in [-0.2, 0) is 50.1 Å². The second kappa shape index (κ2) is 20.2. The van der Waals surface area contributed by atoms with Crippen molar-refractivity contribution in [2.75, 3.05) is 13.2 Å². The quantitative estimate of drug-likeness (QED) is 0.0791. The fourth-order valence-electron chi connectivity index (χ4n) is 6.76. The molecule has 1 aromatic heterocycles. The van der Waals surface area contributed by atoms with E-state index in [1.54, 1.807) is 24.3 Å². The summed E-state index contributed by atoms with van der Waals surface area (Å²) in [6.07, 6.45) is -3.30. The molecule has 9 nitrogen and oxygen atoms in total. The highest BCUT2D eigenvalue weighted by Gasteiger charge is 2.49. The third-order valence-electron chi connectivity index (χ3n) is 9.61. The third-order valence-corrected chi connectivity index (χ3v) is 9.94. The number of hydrogen-bond acceptors (Lipinski definition) is 9. The molecule has 2 heterocycles. The van der Waals surface area contributed by atoms with E-state index in [4.69, 9.17) is 40.0 Å². The van der Waals surface area contributed by atoms with Crippen molar-refractivity contribution in [1.82, 2.24) is 10.2 Å². The highest BCUT2D eigenvalue weighted by Crippen LogP contribution is 2.40. The first-order chi connectivity index (χ1) is 28.1. The van der Waals surface area contributed by atoms with E-state index in [1.165, 1.54) is 0 Å². The molecule has 7 rings (SSSR count). The molecule has 0 spiro atoms. The van der Waals surface area contributed by atoms with Crippen LogP contribution < -0.4 is 4.74 Å². The van der Waals surface area contributed by atoms with Crippen LogP contribution in [0.1, 0.15) is 56.9 Å². The van der Waals surface area contributed by atoms with Gasteiger partial charge in [-0.05, 0) is 52.9 Å². The van der Waals surface area contributed by atoms with E-state index in [0.29, 0.717) is 37.9 Å². The molecule has 0 radical (unpaired) electrons. The number of aromatic nitrogens is 2. The molecule has 0 bridgehead atoms. The van der Waals surface area contributed by atoms with Crippen LogP contribution in [0.5, 0.6) is 5.88 Å². The largest absolute Gasteiger partial charge is 0.477 e. The lowest BCUT2D eigenvalue weighted by Crippen LogP contribution is -2.58.